The Kier molecular flexibility index (Phi) is 7.46. The highest BCUT2D eigenvalue weighted by molar-refractivity contribution is 5.93. The molecule has 0 aliphatic carbocycles. The Morgan fingerprint density at radius 2 is 1.79 bits per heavy atom. The van der Waals surface area contributed by atoms with Crippen molar-refractivity contribution in [3.05, 3.63) is 53.9 Å². The Hall–Kier alpha value is -3.29. The summed E-state index contributed by atoms with van der Waals surface area (Å²) in [5, 5.41) is 5.82. The van der Waals surface area contributed by atoms with Crippen molar-refractivity contribution in [3.8, 4) is 0 Å². The Morgan fingerprint density at radius 3 is 2.42 bits per heavy atom. The molecule has 2 heterocycles. The summed E-state index contributed by atoms with van der Waals surface area (Å²) in [6.07, 6.45) is 3.14. The van der Waals surface area contributed by atoms with Crippen molar-refractivity contribution >= 4 is 23.6 Å². The van der Waals surface area contributed by atoms with E-state index in [1.165, 1.54) is 6.92 Å². The predicted octanol–water partition coefficient (Wildman–Crippen LogP) is 4.51. The zero-order valence-electron chi connectivity index (χ0n) is 20.1. The highest BCUT2D eigenvalue weighted by atomic mass is 16.6. The fraction of sp³-hybridized carbons (Fsp3) is 0.480. The number of ether oxygens (including phenoxy) is 1. The molecule has 1 aliphatic heterocycles. The molecule has 1 aliphatic rings. The molecule has 178 valence electrons. The number of nitrogens with zero attached hydrogens (tertiary/aromatic N) is 2. The number of nitrogens with one attached hydrogen (secondary N) is 2. The molecule has 1 unspecified atom stereocenters. The summed E-state index contributed by atoms with van der Waals surface area (Å²) in [6, 6.07) is 11.0. The van der Waals surface area contributed by atoms with E-state index in [4.69, 9.17) is 4.74 Å². The third kappa shape index (κ3) is 6.60. The van der Waals surface area contributed by atoms with Crippen LogP contribution in [0.1, 0.15) is 75.6 Å². The topological polar surface area (TPSA) is 92.7 Å². The van der Waals surface area contributed by atoms with Gasteiger partial charge in [0.1, 0.15) is 11.3 Å². The van der Waals surface area contributed by atoms with E-state index in [9.17, 15) is 14.4 Å². The number of amides is 3. The van der Waals surface area contributed by atoms with Gasteiger partial charge in [0.25, 0.3) is 5.91 Å². The molecule has 1 atom stereocenters. The summed E-state index contributed by atoms with van der Waals surface area (Å²) in [4.78, 5) is 38.4. The van der Waals surface area contributed by atoms with Crippen LogP contribution in [0.15, 0.2) is 42.6 Å². The van der Waals surface area contributed by atoms with Crippen LogP contribution in [0.25, 0.3) is 0 Å². The van der Waals surface area contributed by atoms with Crippen LogP contribution in [-0.2, 0) is 9.53 Å². The number of likely N-dealkylation sites (tertiary alicyclic amines) is 1. The summed E-state index contributed by atoms with van der Waals surface area (Å²) in [6.45, 7) is 10.1. The van der Waals surface area contributed by atoms with Gasteiger partial charge in [-0.1, -0.05) is 12.1 Å². The third-order valence-corrected chi connectivity index (χ3v) is 5.58. The van der Waals surface area contributed by atoms with Gasteiger partial charge in [-0.25, -0.2) is 4.79 Å². The number of piperidine rings is 1. The molecule has 1 saturated heterocycles. The lowest BCUT2D eigenvalue weighted by Crippen LogP contribution is -2.42. The second kappa shape index (κ2) is 10.1. The fourth-order valence-corrected chi connectivity index (χ4v) is 4.00. The first-order valence-electron chi connectivity index (χ1n) is 11.4. The van der Waals surface area contributed by atoms with Crippen molar-refractivity contribution < 1.29 is 19.1 Å². The van der Waals surface area contributed by atoms with Gasteiger partial charge in [-0.2, -0.15) is 0 Å². The summed E-state index contributed by atoms with van der Waals surface area (Å²) >= 11 is 0. The molecule has 2 aromatic rings. The lowest BCUT2D eigenvalue weighted by Gasteiger charge is -2.34. The monoisotopic (exact) mass is 454 g/mol. The van der Waals surface area contributed by atoms with Gasteiger partial charge in [0.2, 0.25) is 5.91 Å². The Balaban J connectivity index is 1.62. The number of hydrogen-bond acceptors (Lipinski definition) is 4. The number of benzene rings is 1. The van der Waals surface area contributed by atoms with Crippen LogP contribution >= 0.6 is 0 Å². The van der Waals surface area contributed by atoms with Crippen LogP contribution in [0, 0.1) is 0 Å². The van der Waals surface area contributed by atoms with Crippen molar-refractivity contribution in [2.75, 3.05) is 18.4 Å². The first-order valence-corrected chi connectivity index (χ1v) is 11.4. The largest absolute Gasteiger partial charge is 0.444 e. The number of aromatic nitrogens is 1. The molecule has 0 bridgehead atoms. The zero-order chi connectivity index (χ0) is 24.2. The summed E-state index contributed by atoms with van der Waals surface area (Å²) in [5.41, 5.74) is 1.67. The average molecular weight is 455 g/mol. The SMILES string of the molecule is CC(=O)Nc1cccc(C(C)NC(=O)c2cccn2C2CCN(C(=O)OC(C)(C)C)CC2)c1. The normalized spacial score (nSPS) is 15.6. The van der Waals surface area contributed by atoms with Gasteiger partial charge in [-0.3, -0.25) is 9.59 Å². The second-order valence-corrected chi connectivity index (χ2v) is 9.50. The number of anilines is 1. The Labute approximate surface area is 195 Å². The van der Waals surface area contributed by atoms with Gasteiger partial charge in [0.15, 0.2) is 0 Å². The van der Waals surface area contributed by atoms with Crippen LogP contribution in [0.5, 0.6) is 0 Å². The fourth-order valence-electron chi connectivity index (χ4n) is 4.00. The number of carbonyl (C=O) groups excluding carboxylic acids is 3. The molecule has 0 saturated carbocycles. The summed E-state index contributed by atoms with van der Waals surface area (Å²) < 4.78 is 7.48. The molecule has 0 spiro atoms. The lowest BCUT2D eigenvalue weighted by molar-refractivity contribution is -0.114. The van der Waals surface area contributed by atoms with Crippen molar-refractivity contribution in [2.24, 2.45) is 0 Å². The van der Waals surface area contributed by atoms with E-state index in [2.05, 4.69) is 10.6 Å². The quantitative estimate of drug-likeness (QED) is 0.695. The van der Waals surface area contributed by atoms with Crippen LogP contribution in [0.2, 0.25) is 0 Å². The lowest BCUT2D eigenvalue weighted by atomic mass is 10.0. The molecule has 1 aromatic carbocycles. The Bertz CT molecular complexity index is 1000. The molecule has 2 N–H and O–H groups in total. The minimum Gasteiger partial charge on any atom is -0.444 e. The molecule has 8 heteroatoms. The first-order chi connectivity index (χ1) is 15.5. The van der Waals surface area contributed by atoms with Crippen LogP contribution in [-0.4, -0.2) is 46.1 Å². The van der Waals surface area contributed by atoms with E-state index in [1.807, 2.05) is 74.9 Å². The summed E-state index contributed by atoms with van der Waals surface area (Å²) in [5.74, 6) is -0.300. The highest BCUT2D eigenvalue weighted by Gasteiger charge is 2.29. The van der Waals surface area contributed by atoms with E-state index in [1.54, 1.807) is 4.90 Å². The number of carbonyl (C=O) groups is 3. The highest BCUT2D eigenvalue weighted by Crippen LogP contribution is 2.26. The van der Waals surface area contributed by atoms with Gasteiger partial charge < -0.3 is 24.8 Å². The van der Waals surface area contributed by atoms with Crippen LogP contribution in [0.4, 0.5) is 10.5 Å². The first kappa shape index (κ1) is 24.4. The molecule has 8 nitrogen and oxygen atoms in total. The molecule has 3 amide bonds. The van der Waals surface area contributed by atoms with Crippen molar-refractivity contribution in [1.29, 1.82) is 0 Å². The van der Waals surface area contributed by atoms with Crippen molar-refractivity contribution in [1.82, 2.24) is 14.8 Å². The van der Waals surface area contributed by atoms with Crippen LogP contribution in [0.3, 0.4) is 0 Å². The van der Waals surface area contributed by atoms with Crippen LogP contribution < -0.4 is 10.6 Å². The van der Waals surface area contributed by atoms with Gasteiger partial charge in [-0.15, -0.1) is 0 Å². The zero-order valence-corrected chi connectivity index (χ0v) is 20.1. The summed E-state index contributed by atoms with van der Waals surface area (Å²) in [7, 11) is 0. The standard InChI is InChI=1S/C25H34N4O4/c1-17(19-8-6-9-20(16-19)27-18(2)30)26-23(31)22-10-7-13-29(22)21-11-14-28(15-12-21)24(32)33-25(3,4)5/h6-10,13,16-17,21H,11-12,14-15H2,1-5H3,(H,26,31)(H,27,30). The second-order valence-electron chi connectivity index (χ2n) is 9.50. The number of hydrogen-bond donors (Lipinski definition) is 2. The molecule has 3 rings (SSSR count). The maximum absolute atomic E-state index is 13.1. The van der Waals surface area contributed by atoms with E-state index in [0.29, 0.717) is 24.5 Å². The average Bonchev–Trinajstić information content (AvgIpc) is 3.22. The molecule has 1 fully saturated rings. The minimum absolute atomic E-state index is 0.137. The minimum atomic E-state index is -0.516. The van der Waals surface area contributed by atoms with E-state index in [-0.39, 0.29) is 30.0 Å². The van der Waals surface area contributed by atoms with Gasteiger partial charge in [0, 0.05) is 37.9 Å². The van der Waals surface area contributed by atoms with Gasteiger partial charge >= 0.3 is 6.09 Å². The molecule has 1 aromatic heterocycles. The number of rotatable bonds is 5. The van der Waals surface area contributed by atoms with E-state index >= 15 is 0 Å². The van der Waals surface area contributed by atoms with Crippen molar-refractivity contribution in [2.45, 2.75) is 65.1 Å². The van der Waals surface area contributed by atoms with E-state index in [0.717, 1.165) is 18.4 Å². The maximum atomic E-state index is 13.1. The predicted molar refractivity (Wildman–Crippen MR) is 127 cm³/mol. The van der Waals surface area contributed by atoms with E-state index < -0.39 is 5.60 Å². The molecular weight excluding hydrogens is 420 g/mol. The van der Waals surface area contributed by atoms with Gasteiger partial charge in [-0.05, 0) is 70.4 Å². The third-order valence-electron chi connectivity index (χ3n) is 5.58. The molecular formula is C25H34N4O4. The molecule has 0 radical (unpaired) electrons. The smallest absolute Gasteiger partial charge is 0.410 e. The Morgan fingerprint density at radius 1 is 1.09 bits per heavy atom. The van der Waals surface area contributed by atoms with Gasteiger partial charge in [0.05, 0.1) is 6.04 Å². The van der Waals surface area contributed by atoms with Crippen molar-refractivity contribution in [3.63, 3.8) is 0 Å². The maximum Gasteiger partial charge on any atom is 0.410 e. The molecule has 33 heavy (non-hydrogen) atoms.